The molecule has 0 spiro atoms. The maximum Gasteiger partial charge on any atom is 0.325 e. The first-order valence-electron chi connectivity index (χ1n) is 8.79. The third-order valence-electron chi connectivity index (χ3n) is 4.84. The molecule has 0 saturated carbocycles. The highest BCUT2D eigenvalue weighted by Crippen LogP contribution is 2.17. The van der Waals surface area contributed by atoms with E-state index in [0.717, 1.165) is 37.2 Å². The molecule has 2 aromatic heterocycles. The van der Waals surface area contributed by atoms with Crippen LogP contribution in [-0.2, 0) is 19.5 Å². The van der Waals surface area contributed by atoms with Crippen LogP contribution in [0.2, 0.25) is 0 Å². The van der Waals surface area contributed by atoms with Gasteiger partial charge in [-0.3, -0.25) is 24.5 Å². The molecule has 0 saturated heterocycles. The molecule has 0 bridgehead atoms. The third kappa shape index (κ3) is 3.30. The summed E-state index contributed by atoms with van der Waals surface area (Å²) in [7, 11) is 0. The maximum absolute atomic E-state index is 12.5. The van der Waals surface area contributed by atoms with E-state index in [0.29, 0.717) is 43.0 Å². The lowest BCUT2D eigenvalue weighted by molar-refractivity contribution is 0.240. The van der Waals surface area contributed by atoms with E-state index in [4.69, 9.17) is 0 Å². The molecule has 0 aliphatic carbocycles. The van der Waals surface area contributed by atoms with Gasteiger partial charge in [-0.25, -0.2) is 9.78 Å². The zero-order valence-electron chi connectivity index (χ0n) is 14.3. The van der Waals surface area contributed by atoms with Gasteiger partial charge >= 0.3 is 5.69 Å². The summed E-state index contributed by atoms with van der Waals surface area (Å²) in [4.78, 5) is 54.2. The van der Waals surface area contributed by atoms with Crippen LogP contribution in [0.15, 0.2) is 25.6 Å². The summed E-state index contributed by atoms with van der Waals surface area (Å²) in [6.45, 7) is 2.26. The topological polar surface area (TPSA) is 127 Å². The highest BCUT2D eigenvalue weighted by molar-refractivity contribution is 5.97. The van der Waals surface area contributed by atoms with Crippen molar-refractivity contribution in [1.82, 2.24) is 24.8 Å². The first-order valence-corrected chi connectivity index (χ1v) is 8.79. The van der Waals surface area contributed by atoms with E-state index < -0.39 is 11.2 Å². The summed E-state index contributed by atoms with van der Waals surface area (Å²) in [5, 5.41) is 0. The molecule has 4 heterocycles. The number of rotatable bonds is 3. The van der Waals surface area contributed by atoms with Gasteiger partial charge in [-0.15, -0.1) is 0 Å². The fraction of sp³-hybridized carbons (Fsp3) is 0.471. The molecule has 26 heavy (non-hydrogen) atoms. The highest BCUT2D eigenvalue weighted by atomic mass is 16.2. The number of hydrogen-bond donors (Lipinski definition) is 3. The lowest BCUT2D eigenvalue weighted by atomic mass is 10.0. The van der Waals surface area contributed by atoms with Gasteiger partial charge in [0.05, 0.1) is 17.0 Å². The van der Waals surface area contributed by atoms with E-state index in [1.807, 2.05) is 4.90 Å². The summed E-state index contributed by atoms with van der Waals surface area (Å²) in [6.07, 6.45) is 5.06. The van der Waals surface area contributed by atoms with E-state index >= 15 is 0 Å². The molecule has 0 fully saturated rings. The number of hydrogen-bond acceptors (Lipinski definition) is 6. The quantitative estimate of drug-likeness (QED) is 0.694. The zero-order valence-corrected chi connectivity index (χ0v) is 14.3. The molecule has 0 atom stereocenters. The molecule has 3 N–H and O–H groups in total. The van der Waals surface area contributed by atoms with Gasteiger partial charge in [0, 0.05) is 44.4 Å². The molecule has 2 aliphatic rings. The number of fused-ring (bicyclic) bond motifs is 1. The number of H-pyrrole nitrogens is 3. The third-order valence-corrected chi connectivity index (χ3v) is 4.84. The van der Waals surface area contributed by atoms with Gasteiger partial charge in [-0.1, -0.05) is 0 Å². The summed E-state index contributed by atoms with van der Waals surface area (Å²) >= 11 is 0. The summed E-state index contributed by atoms with van der Waals surface area (Å²) in [5.41, 5.74) is 1.72. The SMILES string of the molecule is O=c1[nH]cc(CN2CCc3nc(C4=NCCCC4)[nH]c(=O)c3C2)c(=O)[nH]1. The lowest BCUT2D eigenvalue weighted by Crippen LogP contribution is -2.38. The monoisotopic (exact) mass is 356 g/mol. The van der Waals surface area contributed by atoms with Gasteiger partial charge in [0.25, 0.3) is 11.1 Å². The second-order valence-corrected chi connectivity index (χ2v) is 6.68. The molecule has 2 aliphatic heterocycles. The van der Waals surface area contributed by atoms with Crippen molar-refractivity contribution in [2.45, 2.75) is 38.8 Å². The minimum atomic E-state index is -0.526. The highest BCUT2D eigenvalue weighted by Gasteiger charge is 2.23. The van der Waals surface area contributed by atoms with E-state index in [2.05, 4.69) is 24.9 Å². The van der Waals surface area contributed by atoms with Gasteiger partial charge in [0.2, 0.25) is 0 Å². The van der Waals surface area contributed by atoms with Gasteiger partial charge in [0.1, 0.15) is 0 Å². The Hall–Kier alpha value is -2.81. The molecule has 0 unspecified atom stereocenters. The molecule has 0 amide bonds. The van der Waals surface area contributed by atoms with Crippen molar-refractivity contribution >= 4 is 5.71 Å². The van der Waals surface area contributed by atoms with Crippen LogP contribution in [-0.4, -0.2) is 43.6 Å². The summed E-state index contributed by atoms with van der Waals surface area (Å²) in [5.74, 6) is 0.596. The van der Waals surface area contributed by atoms with Crippen molar-refractivity contribution in [2.24, 2.45) is 4.99 Å². The average Bonchev–Trinajstić information content (AvgIpc) is 2.65. The Morgan fingerprint density at radius 1 is 1.08 bits per heavy atom. The van der Waals surface area contributed by atoms with Crippen molar-refractivity contribution in [1.29, 1.82) is 0 Å². The fourth-order valence-corrected chi connectivity index (χ4v) is 3.44. The predicted octanol–water partition coefficient (Wildman–Crippen LogP) is -0.322. The van der Waals surface area contributed by atoms with Crippen molar-refractivity contribution < 1.29 is 0 Å². The van der Waals surface area contributed by atoms with Crippen molar-refractivity contribution in [3.8, 4) is 0 Å². The number of nitrogens with zero attached hydrogens (tertiary/aromatic N) is 3. The Kier molecular flexibility index (Phi) is 4.37. The van der Waals surface area contributed by atoms with E-state index in [1.54, 1.807) is 0 Å². The number of aliphatic imine (C=N–C) groups is 1. The Bertz CT molecular complexity index is 1030. The first-order chi connectivity index (χ1) is 12.6. The molecule has 0 aromatic carbocycles. The lowest BCUT2D eigenvalue weighted by Gasteiger charge is -2.27. The van der Waals surface area contributed by atoms with Crippen molar-refractivity contribution in [3.63, 3.8) is 0 Å². The zero-order chi connectivity index (χ0) is 18.1. The van der Waals surface area contributed by atoms with Gasteiger partial charge in [0.15, 0.2) is 5.82 Å². The van der Waals surface area contributed by atoms with Crippen LogP contribution in [0.25, 0.3) is 0 Å². The maximum atomic E-state index is 12.5. The molecule has 4 rings (SSSR count). The minimum absolute atomic E-state index is 0.140. The molecule has 136 valence electrons. The Morgan fingerprint density at radius 3 is 2.73 bits per heavy atom. The Morgan fingerprint density at radius 2 is 1.96 bits per heavy atom. The molecular weight excluding hydrogens is 336 g/mol. The average molecular weight is 356 g/mol. The molecule has 0 radical (unpaired) electrons. The molecule has 9 nitrogen and oxygen atoms in total. The molecular formula is C17H20N6O3. The van der Waals surface area contributed by atoms with Crippen LogP contribution in [0.3, 0.4) is 0 Å². The van der Waals surface area contributed by atoms with Crippen LogP contribution < -0.4 is 16.8 Å². The van der Waals surface area contributed by atoms with Crippen LogP contribution >= 0.6 is 0 Å². The van der Waals surface area contributed by atoms with Gasteiger partial charge < -0.3 is 9.97 Å². The van der Waals surface area contributed by atoms with Crippen molar-refractivity contribution in [2.75, 3.05) is 13.1 Å². The van der Waals surface area contributed by atoms with Crippen LogP contribution in [0.5, 0.6) is 0 Å². The number of aromatic nitrogens is 4. The standard InChI is InChI=1S/C17H20N6O3/c24-15-10(7-19-17(26)22-15)8-23-6-4-12-11(9-23)16(25)21-14(20-12)13-3-1-2-5-18-13/h7H,1-6,8-9H2,(H,20,21,25)(H2,19,22,24,26). The van der Waals surface area contributed by atoms with Gasteiger partial charge in [-0.05, 0) is 19.3 Å². The van der Waals surface area contributed by atoms with E-state index in [9.17, 15) is 14.4 Å². The summed E-state index contributed by atoms with van der Waals surface area (Å²) < 4.78 is 0. The first kappa shape index (κ1) is 16.6. The smallest absolute Gasteiger partial charge is 0.314 e. The van der Waals surface area contributed by atoms with Crippen molar-refractivity contribution in [3.05, 3.63) is 60.0 Å². The van der Waals surface area contributed by atoms with E-state index in [-0.39, 0.29) is 5.56 Å². The second-order valence-electron chi connectivity index (χ2n) is 6.68. The predicted molar refractivity (Wildman–Crippen MR) is 95.6 cm³/mol. The Balaban J connectivity index is 1.57. The van der Waals surface area contributed by atoms with Crippen LogP contribution in [0, 0.1) is 0 Å². The fourth-order valence-electron chi connectivity index (χ4n) is 3.44. The van der Waals surface area contributed by atoms with Gasteiger partial charge in [-0.2, -0.15) is 0 Å². The summed E-state index contributed by atoms with van der Waals surface area (Å²) in [6, 6.07) is 0. The normalized spacial score (nSPS) is 17.6. The minimum Gasteiger partial charge on any atom is -0.314 e. The number of aromatic amines is 3. The van der Waals surface area contributed by atoms with E-state index in [1.165, 1.54) is 6.20 Å². The largest absolute Gasteiger partial charge is 0.325 e. The number of nitrogens with one attached hydrogen (secondary N) is 3. The van der Waals surface area contributed by atoms with Crippen LogP contribution in [0.4, 0.5) is 0 Å². The molecule has 2 aromatic rings. The van der Waals surface area contributed by atoms with Crippen LogP contribution in [0.1, 0.15) is 41.9 Å². The molecule has 9 heteroatoms. The second kappa shape index (κ2) is 6.83. The Labute approximate surface area is 148 Å².